The molecule has 4 N–H and O–H groups in total. The molecule has 0 atom stereocenters. The molecule has 0 aromatic heterocycles. The fraction of sp³-hybridized carbons (Fsp3) is 0. The molecule has 0 saturated carbocycles. The van der Waals surface area contributed by atoms with Gasteiger partial charge in [0.05, 0.1) is 0 Å². The molecular formula is C26H22N4S2Se2. The van der Waals surface area contributed by atoms with Crippen LogP contribution in [-0.2, 0) is 0 Å². The van der Waals surface area contributed by atoms with Crippen LogP contribution in [0, 0.1) is 0 Å². The number of hydrogen-bond acceptors (Lipinski definition) is 2. The average Bonchev–Trinajstić information content (AvgIpc) is 2.85. The summed E-state index contributed by atoms with van der Waals surface area (Å²) in [5, 5.41) is 14.4. The molecule has 0 saturated heterocycles. The summed E-state index contributed by atoms with van der Waals surface area (Å²) < 4.78 is 2.57. The van der Waals surface area contributed by atoms with Crippen molar-refractivity contribution in [2.75, 3.05) is 21.3 Å². The van der Waals surface area contributed by atoms with Gasteiger partial charge in [-0.15, -0.1) is 0 Å². The van der Waals surface area contributed by atoms with Crippen molar-refractivity contribution in [1.82, 2.24) is 0 Å². The van der Waals surface area contributed by atoms with E-state index in [1.54, 1.807) is 0 Å². The molecule has 0 aliphatic heterocycles. The summed E-state index contributed by atoms with van der Waals surface area (Å²) >= 11 is 11.6. The average molecular weight is 613 g/mol. The SMILES string of the molecule is S=C(Nc1ccccc1)Nc1ccccc1[Se][Se]c1ccccc1NC(=S)Nc1ccccc1. The zero-order valence-electron chi connectivity index (χ0n) is 18.0. The molecule has 4 nitrogen and oxygen atoms in total. The second-order valence-corrected chi connectivity index (χ2v) is 14.0. The summed E-state index contributed by atoms with van der Waals surface area (Å²) in [6, 6.07) is 36.6. The maximum absolute atomic E-state index is 5.54. The molecule has 0 bridgehead atoms. The molecule has 4 rings (SSSR count). The summed E-state index contributed by atoms with van der Waals surface area (Å²) in [6.07, 6.45) is 0. The maximum atomic E-state index is 5.54. The monoisotopic (exact) mass is 614 g/mol. The van der Waals surface area contributed by atoms with Crippen LogP contribution in [0.25, 0.3) is 0 Å². The summed E-state index contributed by atoms with van der Waals surface area (Å²) in [4.78, 5) is 0. The van der Waals surface area contributed by atoms with E-state index in [2.05, 4.69) is 57.7 Å². The fourth-order valence-electron chi connectivity index (χ4n) is 2.99. The van der Waals surface area contributed by atoms with Gasteiger partial charge in [-0.2, -0.15) is 0 Å². The summed E-state index contributed by atoms with van der Waals surface area (Å²) in [7, 11) is 0. The van der Waals surface area contributed by atoms with E-state index in [-0.39, 0.29) is 26.3 Å². The molecule has 170 valence electrons. The van der Waals surface area contributed by atoms with Crippen LogP contribution in [0.5, 0.6) is 0 Å². The Hall–Kier alpha value is -2.70. The van der Waals surface area contributed by atoms with Crippen LogP contribution in [0.15, 0.2) is 109 Å². The third-order valence-corrected chi connectivity index (χ3v) is 12.2. The Bertz CT molecular complexity index is 1150. The Kier molecular flexibility index (Phi) is 9.11. The van der Waals surface area contributed by atoms with E-state index in [1.807, 2.05) is 72.8 Å². The molecule has 0 spiro atoms. The van der Waals surface area contributed by atoms with Gasteiger partial charge in [-0.05, 0) is 0 Å². The van der Waals surface area contributed by atoms with Gasteiger partial charge >= 0.3 is 223 Å². The number of nitrogens with one attached hydrogen (secondary N) is 4. The van der Waals surface area contributed by atoms with Gasteiger partial charge in [0.2, 0.25) is 0 Å². The number of anilines is 4. The van der Waals surface area contributed by atoms with E-state index in [0.717, 1.165) is 22.7 Å². The van der Waals surface area contributed by atoms with Gasteiger partial charge in [0.1, 0.15) is 0 Å². The standard InChI is InChI=1S/C26H22N4S2Se2/c31-25(27-19-11-3-1-4-12-19)29-21-15-7-9-17-23(21)33-34-24-18-10-8-16-22(24)30-26(32)28-20-13-5-2-6-14-20/h1-18H,(H2,27,29,31)(H2,28,30,32). The van der Waals surface area contributed by atoms with Gasteiger partial charge in [0.25, 0.3) is 0 Å². The first-order chi connectivity index (χ1) is 16.7. The first-order valence-electron chi connectivity index (χ1n) is 10.5. The van der Waals surface area contributed by atoms with Gasteiger partial charge < -0.3 is 0 Å². The molecule has 0 radical (unpaired) electrons. The molecule has 0 aliphatic carbocycles. The van der Waals surface area contributed by atoms with Gasteiger partial charge in [-0.25, -0.2) is 0 Å². The van der Waals surface area contributed by atoms with Crippen molar-refractivity contribution >= 4 is 92.6 Å². The minimum atomic E-state index is 0.255. The zero-order valence-corrected chi connectivity index (χ0v) is 23.1. The normalized spacial score (nSPS) is 10.2. The number of thiocarbonyl (C=S) groups is 2. The third kappa shape index (κ3) is 7.40. The van der Waals surface area contributed by atoms with Crippen LogP contribution in [0.3, 0.4) is 0 Å². The molecule has 0 heterocycles. The minimum absolute atomic E-state index is 0.255. The second-order valence-electron chi connectivity index (χ2n) is 7.05. The van der Waals surface area contributed by atoms with Crippen molar-refractivity contribution in [3.05, 3.63) is 109 Å². The molecule has 4 aromatic rings. The number of benzene rings is 4. The molecule has 0 amide bonds. The van der Waals surface area contributed by atoms with Crippen LogP contribution >= 0.6 is 24.4 Å². The van der Waals surface area contributed by atoms with E-state index in [9.17, 15) is 0 Å². The number of hydrogen-bond donors (Lipinski definition) is 4. The Balaban J connectivity index is 1.39. The van der Waals surface area contributed by atoms with Gasteiger partial charge in [0, 0.05) is 0 Å². The molecular weight excluding hydrogens is 590 g/mol. The van der Waals surface area contributed by atoms with Crippen LogP contribution in [0.4, 0.5) is 22.7 Å². The first-order valence-corrected chi connectivity index (χ1v) is 17.3. The molecule has 34 heavy (non-hydrogen) atoms. The van der Waals surface area contributed by atoms with Gasteiger partial charge in [-0.3, -0.25) is 0 Å². The summed E-state index contributed by atoms with van der Waals surface area (Å²) in [5.41, 5.74) is 4.02. The Morgan fingerprint density at radius 1 is 0.441 bits per heavy atom. The summed E-state index contributed by atoms with van der Waals surface area (Å²) in [6.45, 7) is 0. The van der Waals surface area contributed by atoms with Crippen molar-refractivity contribution in [3.63, 3.8) is 0 Å². The Labute approximate surface area is 221 Å². The van der Waals surface area contributed by atoms with E-state index < -0.39 is 0 Å². The molecule has 0 fully saturated rings. The van der Waals surface area contributed by atoms with Crippen LogP contribution < -0.4 is 30.2 Å². The third-order valence-electron chi connectivity index (χ3n) is 4.56. The van der Waals surface area contributed by atoms with Crippen molar-refractivity contribution in [2.45, 2.75) is 0 Å². The predicted molar refractivity (Wildman–Crippen MR) is 156 cm³/mol. The molecule has 4 aromatic carbocycles. The van der Waals surface area contributed by atoms with E-state index in [1.165, 1.54) is 8.92 Å². The van der Waals surface area contributed by atoms with Gasteiger partial charge in [0.15, 0.2) is 0 Å². The Morgan fingerprint density at radius 2 is 0.794 bits per heavy atom. The molecule has 0 aliphatic rings. The van der Waals surface area contributed by atoms with E-state index >= 15 is 0 Å². The second kappa shape index (κ2) is 12.7. The predicted octanol–water partition coefficient (Wildman–Crippen LogP) is 4.58. The summed E-state index contributed by atoms with van der Waals surface area (Å²) in [5.74, 6) is 0. The fourth-order valence-corrected chi connectivity index (χ4v) is 10.4. The van der Waals surface area contributed by atoms with Gasteiger partial charge in [-0.1, -0.05) is 0 Å². The van der Waals surface area contributed by atoms with E-state index in [0.29, 0.717) is 10.2 Å². The molecule has 0 unspecified atom stereocenters. The van der Waals surface area contributed by atoms with Crippen LogP contribution in [0.2, 0.25) is 0 Å². The van der Waals surface area contributed by atoms with Crippen LogP contribution in [-0.4, -0.2) is 36.5 Å². The first kappa shape index (κ1) is 24.4. The van der Waals surface area contributed by atoms with Crippen molar-refractivity contribution < 1.29 is 0 Å². The Morgan fingerprint density at radius 3 is 1.21 bits per heavy atom. The van der Waals surface area contributed by atoms with Crippen molar-refractivity contribution in [2.24, 2.45) is 0 Å². The topological polar surface area (TPSA) is 48.1 Å². The molecule has 8 heteroatoms. The van der Waals surface area contributed by atoms with Crippen LogP contribution in [0.1, 0.15) is 0 Å². The quantitative estimate of drug-likeness (QED) is 0.181. The van der Waals surface area contributed by atoms with Crippen molar-refractivity contribution in [1.29, 1.82) is 0 Å². The number of para-hydroxylation sites is 4. The zero-order chi connectivity index (χ0) is 23.6. The van der Waals surface area contributed by atoms with E-state index in [4.69, 9.17) is 24.4 Å². The van der Waals surface area contributed by atoms with Crippen molar-refractivity contribution in [3.8, 4) is 0 Å². The number of rotatable bonds is 7.